The number of hydrogen-bond acceptors (Lipinski definition) is 4. The van der Waals surface area contributed by atoms with Gasteiger partial charge >= 0.3 is 0 Å². The molecule has 3 rings (SSSR count). The van der Waals surface area contributed by atoms with E-state index in [1.807, 2.05) is 6.92 Å². The molecule has 0 aliphatic carbocycles. The van der Waals surface area contributed by atoms with Crippen LogP contribution in [0.4, 0.5) is 14.5 Å². The van der Waals surface area contributed by atoms with Crippen LogP contribution in [-0.2, 0) is 4.79 Å². The minimum atomic E-state index is -0.454. The number of benzene rings is 3. The second-order valence-corrected chi connectivity index (χ2v) is 12.0. The van der Waals surface area contributed by atoms with Gasteiger partial charge in [0.25, 0.3) is 5.91 Å². The Morgan fingerprint density at radius 1 is 1.05 bits per heavy atom. The number of amides is 2. The SMILES string of the molecule is CC(CCC(C#N)c1cccc(Cl)c1F)CC(C)(C)C.CCNC(=O)c1ccc(NC=O)c(OC)c1.Fc1ccccc1Cl. The molecular formula is C34H41Cl2F2N3O3. The molecule has 2 unspecified atom stereocenters. The van der Waals surface area contributed by atoms with Crippen LogP contribution < -0.4 is 15.4 Å². The van der Waals surface area contributed by atoms with Crippen LogP contribution >= 0.6 is 23.2 Å². The molecule has 238 valence electrons. The van der Waals surface area contributed by atoms with E-state index in [4.69, 9.17) is 27.9 Å². The van der Waals surface area contributed by atoms with Crippen molar-refractivity contribution < 1.29 is 23.1 Å². The highest BCUT2D eigenvalue weighted by atomic mass is 35.5. The van der Waals surface area contributed by atoms with E-state index in [0.29, 0.717) is 47.9 Å². The van der Waals surface area contributed by atoms with Crippen LogP contribution in [0.5, 0.6) is 5.75 Å². The molecule has 3 aromatic rings. The second-order valence-electron chi connectivity index (χ2n) is 11.2. The summed E-state index contributed by atoms with van der Waals surface area (Å²) in [7, 11) is 1.48. The first-order valence-electron chi connectivity index (χ1n) is 14.2. The highest BCUT2D eigenvalue weighted by Crippen LogP contribution is 2.32. The van der Waals surface area contributed by atoms with Crippen molar-refractivity contribution in [2.45, 2.75) is 59.8 Å². The van der Waals surface area contributed by atoms with Crippen molar-refractivity contribution in [1.82, 2.24) is 5.32 Å². The first kappa shape index (κ1) is 38.4. The van der Waals surface area contributed by atoms with Crippen molar-refractivity contribution >= 4 is 41.2 Å². The smallest absolute Gasteiger partial charge is 0.251 e. The van der Waals surface area contributed by atoms with Crippen molar-refractivity contribution in [2.75, 3.05) is 19.0 Å². The van der Waals surface area contributed by atoms with Crippen LogP contribution in [0.3, 0.4) is 0 Å². The second kappa shape index (κ2) is 19.6. The number of methoxy groups -OCH3 is 1. The molecule has 6 nitrogen and oxygen atoms in total. The summed E-state index contributed by atoms with van der Waals surface area (Å²) in [6, 6.07) is 18.0. The molecule has 0 spiro atoms. The number of ether oxygens (including phenoxy) is 1. The molecule has 2 amide bonds. The third-order valence-electron chi connectivity index (χ3n) is 6.26. The summed E-state index contributed by atoms with van der Waals surface area (Å²) in [6.07, 6.45) is 3.25. The van der Waals surface area contributed by atoms with Crippen molar-refractivity contribution in [3.05, 3.63) is 93.5 Å². The van der Waals surface area contributed by atoms with Crippen molar-refractivity contribution in [3.8, 4) is 11.8 Å². The lowest BCUT2D eigenvalue weighted by Gasteiger charge is -2.23. The third-order valence-corrected chi connectivity index (χ3v) is 6.86. The number of halogens is 4. The highest BCUT2D eigenvalue weighted by molar-refractivity contribution is 6.31. The van der Waals surface area contributed by atoms with E-state index in [1.54, 1.807) is 42.5 Å². The zero-order chi connectivity index (χ0) is 33.3. The van der Waals surface area contributed by atoms with Gasteiger partial charge in [0.05, 0.1) is 34.8 Å². The maximum atomic E-state index is 14.0. The van der Waals surface area contributed by atoms with Gasteiger partial charge in [-0.2, -0.15) is 5.26 Å². The van der Waals surface area contributed by atoms with Gasteiger partial charge in [0.15, 0.2) is 0 Å². The fourth-order valence-corrected chi connectivity index (χ4v) is 4.71. The number of nitrogens with one attached hydrogen (secondary N) is 2. The van der Waals surface area contributed by atoms with Crippen LogP contribution in [0, 0.1) is 34.3 Å². The molecule has 0 aliphatic rings. The normalized spacial score (nSPS) is 11.8. The Balaban J connectivity index is 0.000000358. The molecule has 0 heterocycles. The van der Waals surface area contributed by atoms with E-state index < -0.39 is 11.7 Å². The molecule has 0 aromatic heterocycles. The lowest BCUT2D eigenvalue weighted by Crippen LogP contribution is -2.22. The minimum absolute atomic E-state index is 0.0884. The first-order chi connectivity index (χ1) is 20.8. The Labute approximate surface area is 269 Å². The van der Waals surface area contributed by atoms with E-state index >= 15 is 0 Å². The number of hydrogen-bond donors (Lipinski definition) is 2. The third kappa shape index (κ3) is 13.7. The molecule has 0 fully saturated rings. The minimum Gasteiger partial charge on any atom is -0.495 e. The van der Waals surface area contributed by atoms with Gasteiger partial charge in [-0.3, -0.25) is 9.59 Å². The van der Waals surface area contributed by atoms with Gasteiger partial charge in [-0.1, -0.05) is 75.2 Å². The van der Waals surface area contributed by atoms with Crippen molar-refractivity contribution in [2.24, 2.45) is 11.3 Å². The molecule has 0 aliphatic heterocycles. The van der Waals surface area contributed by atoms with Gasteiger partial charge in [-0.05, 0) is 73.9 Å². The van der Waals surface area contributed by atoms with Crippen LogP contribution in [0.2, 0.25) is 10.0 Å². The number of rotatable bonds is 10. The monoisotopic (exact) mass is 647 g/mol. The Hall–Kier alpha value is -3.67. The maximum absolute atomic E-state index is 14.0. The number of anilines is 1. The van der Waals surface area contributed by atoms with Gasteiger partial charge in [-0.15, -0.1) is 0 Å². The molecule has 2 atom stereocenters. The number of carbonyl (C=O) groups is 2. The van der Waals surface area contributed by atoms with E-state index in [0.717, 1.165) is 12.8 Å². The fourth-order valence-electron chi connectivity index (χ4n) is 4.39. The van der Waals surface area contributed by atoms with Crippen LogP contribution in [0.15, 0.2) is 60.7 Å². The Bertz CT molecular complexity index is 1370. The first-order valence-corrected chi connectivity index (χ1v) is 14.9. The van der Waals surface area contributed by atoms with Crippen molar-refractivity contribution in [1.29, 1.82) is 5.26 Å². The number of nitriles is 1. The van der Waals surface area contributed by atoms with E-state index in [1.165, 1.54) is 25.3 Å². The molecular weight excluding hydrogens is 607 g/mol. The summed E-state index contributed by atoms with van der Waals surface area (Å²) in [4.78, 5) is 21.8. The summed E-state index contributed by atoms with van der Waals surface area (Å²) in [5, 5.41) is 14.7. The van der Waals surface area contributed by atoms with E-state index in [2.05, 4.69) is 44.4 Å². The molecule has 0 radical (unpaired) electrons. The summed E-state index contributed by atoms with van der Waals surface area (Å²) >= 11 is 11.1. The van der Waals surface area contributed by atoms with Gasteiger partial charge in [-0.25, -0.2) is 8.78 Å². The molecule has 0 saturated heterocycles. The van der Waals surface area contributed by atoms with Gasteiger partial charge < -0.3 is 15.4 Å². The molecule has 10 heteroatoms. The topological polar surface area (TPSA) is 91.2 Å². The average Bonchev–Trinajstić information content (AvgIpc) is 2.97. The lowest BCUT2D eigenvalue weighted by molar-refractivity contribution is -0.105. The summed E-state index contributed by atoms with van der Waals surface area (Å²) < 4.78 is 31.2. The quantitative estimate of drug-likeness (QED) is 0.214. The summed E-state index contributed by atoms with van der Waals surface area (Å²) in [5.41, 5.74) is 1.73. The van der Waals surface area contributed by atoms with Gasteiger partial charge in [0.2, 0.25) is 6.41 Å². The van der Waals surface area contributed by atoms with Crippen LogP contribution in [0.25, 0.3) is 0 Å². The van der Waals surface area contributed by atoms with E-state index in [9.17, 15) is 23.6 Å². The van der Waals surface area contributed by atoms with Gasteiger partial charge in [0, 0.05) is 17.7 Å². The standard InChI is InChI=1S/C17H23ClFN.C11H14N2O3.C6H4ClF/c1-12(10-17(2,3)4)8-9-13(11-20)14-6-5-7-15(18)16(14)19;1-3-12-11(15)8-4-5-9(13-7-14)10(6-8)16-2;7-5-3-1-2-4-6(5)8/h5-7,12-13H,8-10H2,1-4H3;4-7H,3H2,1-2H3,(H,12,15)(H,13,14);1-4H. The van der Waals surface area contributed by atoms with Crippen molar-refractivity contribution in [3.63, 3.8) is 0 Å². The predicted octanol–water partition coefficient (Wildman–Crippen LogP) is 9.43. The number of carbonyl (C=O) groups excluding carboxylic acids is 2. The van der Waals surface area contributed by atoms with E-state index in [-0.39, 0.29) is 27.2 Å². The fraction of sp³-hybridized carbons (Fsp3) is 0.382. The molecule has 3 aromatic carbocycles. The van der Waals surface area contributed by atoms with Gasteiger partial charge in [0.1, 0.15) is 17.4 Å². The van der Waals surface area contributed by atoms with Crippen LogP contribution in [-0.4, -0.2) is 26.0 Å². The molecule has 44 heavy (non-hydrogen) atoms. The zero-order valence-corrected chi connectivity index (χ0v) is 27.5. The summed E-state index contributed by atoms with van der Waals surface area (Å²) in [6.45, 7) is 11.2. The lowest BCUT2D eigenvalue weighted by atomic mass is 9.82. The largest absolute Gasteiger partial charge is 0.495 e. The highest BCUT2D eigenvalue weighted by Gasteiger charge is 2.20. The maximum Gasteiger partial charge on any atom is 0.251 e. The Morgan fingerprint density at radius 3 is 2.23 bits per heavy atom. The Morgan fingerprint density at radius 2 is 1.70 bits per heavy atom. The average molecular weight is 649 g/mol. The number of nitrogens with zero attached hydrogens (tertiary/aromatic N) is 1. The Kier molecular flexibility index (Phi) is 17.1. The molecule has 0 saturated carbocycles. The predicted molar refractivity (Wildman–Crippen MR) is 174 cm³/mol. The molecule has 0 bridgehead atoms. The zero-order valence-electron chi connectivity index (χ0n) is 26.0. The molecule has 2 N–H and O–H groups in total. The summed E-state index contributed by atoms with van der Waals surface area (Å²) in [5.74, 6) is -0.433. The van der Waals surface area contributed by atoms with Crippen LogP contribution in [0.1, 0.15) is 75.7 Å².